The second-order valence-corrected chi connectivity index (χ2v) is 9.91. The van der Waals surface area contributed by atoms with Gasteiger partial charge in [0.05, 0.1) is 11.1 Å². The molecule has 1 aliphatic carbocycles. The van der Waals surface area contributed by atoms with Crippen molar-refractivity contribution in [3.8, 4) is 0 Å². The van der Waals surface area contributed by atoms with Crippen molar-refractivity contribution in [2.75, 3.05) is 0 Å². The molecule has 2 aliphatic heterocycles. The molecule has 4 rings (SSSR count). The van der Waals surface area contributed by atoms with Gasteiger partial charge in [0.1, 0.15) is 6.04 Å². The number of imide groups is 2. The van der Waals surface area contributed by atoms with Gasteiger partial charge in [0.15, 0.2) is 0 Å². The SMILES string of the molecule is CC(C)C(N)C(NCc1cccc2c1C(=O)N(C1CCC(=O)NC1=O)C2=O)C1CCCCC1. The van der Waals surface area contributed by atoms with Crippen molar-refractivity contribution in [3.05, 3.63) is 34.9 Å². The minimum atomic E-state index is -0.958. The van der Waals surface area contributed by atoms with Crippen LogP contribution < -0.4 is 16.4 Å². The molecular weight excluding hydrogens is 420 g/mol. The third-order valence-electron chi connectivity index (χ3n) is 7.42. The molecule has 4 N–H and O–H groups in total. The number of hydrogen-bond acceptors (Lipinski definition) is 6. The molecule has 1 saturated carbocycles. The quantitative estimate of drug-likeness (QED) is 0.543. The molecule has 1 saturated heterocycles. The maximum Gasteiger partial charge on any atom is 0.262 e. The van der Waals surface area contributed by atoms with E-state index in [9.17, 15) is 19.2 Å². The second-order valence-electron chi connectivity index (χ2n) is 9.91. The van der Waals surface area contributed by atoms with E-state index in [1.54, 1.807) is 12.1 Å². The lowest BCUT2D eigenvalue weighted by molar-refractivity contribution is -0.136. The zero-order chi connectivity index (χ0) is 23.7. The first kappa shape index (κ1) is 23.6. The largest absolute Gasteiger partial charge is 0.326 e. The van der Waals surface area contributed by atoms with Gasteiger partial charge >= 0.3 is 0 Å². The van der Waals surface area contributed by atoms with Crippen molar-refractivity contribution in [3.63, 3.8) is 0 Å². The number of piperidine rings is 1. The number of rotatable bonds is 7. The second kappa shape index (κ2) is 9.73. The standard InChI is InChI=1S/C25H34N4O4/c1-14(2)21(26)22(15-7-4-3-5-8-15)27-13-16-9-6-10-17-20(16)25(33)29(24(17)32)18-11-12-19(30)28-23(18)31/h6,9-10,14-15,18,21-22,27H,3-5,7-8,11-13,26H2,1-2H3,(H,28,30,31). The monoisotopic (exact) mass is 454 g/mol. The van der Waals surface area contributed by atoms with Gasteiger partial charge in [-0.25, -0.2) is 0 Å². The van der Waals surface area contributed by atoms with E-state index < -0.39 is 23.8 Å². The number of fused-ring (bicyclic) bond motifs is 1. The van der Waals surface area contributed by atoms with Crippen molar-refractivity contribution in [1.82, 2.24) is 15.5 Å². The summed E-state index contributed by atoms with van der Waals surface area (Å²) in [6.07, 6.45) is 6.23. The van der Waals surface area contributed by atoms with Crippen LogP contribution in [0.2, 0.25) is 0 Å². The minimum Gasteiger partial charge on any atom is -0.326 e. The summed E-state index contributed by atoms with van der Waals surface area (Å²) in [6.45, 7) is 4.68. The van der Waals surface area contributed by atoms with Crippen LogP contribution in [-0.2, 0) is 16.1 Å². The Morgan fingerprint density at radius 3 is 2.45 bits per heavy atom. The Kier molecular flexibility index (Phi) is 6.95. The van der Waals surface area contributed by atoms with Crippen LogP contribution in [0.1, 0.15) is 85.1 Å². The average molecular weight is 455 g/mol. The Bertz CT molecular complexity index is 954. The van der Waals surface area contributed by atoms with Crippen LogP contribution in [0.5, 0.6) is 0 Å². The summed E-state index contributed by atoms with van der Waals surface area (Å²) < 4.78 is 0. The van der Waals surface area contributed by atoms with Crippen LogP contribution in [0, 0.1) is 11.8 Å². The van der Waals surface area contributed by atoms with Crippen LogP contribution >= 0.6 is 0 Å². The lowest BCUT2D eigenvalue weighted by Crippen LogP contribution is -2.54. The van der Waals surface area contributed by atoms with E-state index in [1.807, 2.05) is 6.07 Å². The van der Waals surface area contributed by atoms with Crippen molar-refractivity contribution < 1.29 is 19.2 Å². The Morgan fingerprint density at radius 2 is 1.79 bits per heavy atom. The average Bonchev–Trinajstić information content (AvgIpc) is 3.05. The third-order valence-corrected chi connectivity index (χ3v) is 7.42. The molecule has 1 aromatic rings. The van der Waals surface area contributed by atoms with Crippen molar-refractivity contribution in [2.24, 2.45) is 17.6 Å². The van der Waals surface area contributed by atoms with E-state index in [4.69, 9.17) is 5.73 Å². The van der Waals surface area contributed by atoms with Crippen LogP contribution in [0.3, 0.4) is 0 Å². The Labute approximate surface area is 194 Å². The zero-order valence-corrected chi connectivity index (χ0v) is 19.4. The molecule has 178 valence electrons. The van der Waals surface area contributed by atoms with Crippen molar-refractivity contribution in [1.29, 1.82) is 0 Å². The zero-order valence-electron chi connectivity index (χ0n) is 19.4. The fraction of sp³-hybridized carbons (Fsp3) is 0.600. The molecule has 0 bridgehead atoms. The molecule has 3 atom stereocenters. The first-order valence-corrected chi connectivity index (χ1v) is 12.1. The minimum absolute atomic E-state index is 0.0119. The normalized spacial score (nSPS) is 23.6. The number of carbonyl (C=O) groups is 4. The summed E-state index contributed by atoms with van der Waals surface area (Å²) in [5.74, 6) is -1.12. The Balaban J connectivity index is 1.56. The van der Waals surface area contributed by atoms with Gasteiger partial charge in [-0.05, 0) is 42.7 Å². The maximum absolute atomic E-state index is 13.3. The first-order chi connectivity index (χ1) is 15.8. The predicted octanol–water partition coefficient (Wildman–Crippen LogP) is 2.11. The number of nitrogens with two attached hydrogens (primary N) is 1. The van der Waals surface area contributed by atoms with Gasteiger partial charge in [0.2, 0.25) is 11.8 Å². The fourth-order valence-corrected chi connectivity index (χ4v) is 5.49. The summed E-state index contributed by atoms with van der Waals surface area (Å²) in [6, 6.07) is 4.40. The number of amides is 4. The van der Waals surface area contributed by atoms with E-state index in [0.29, 0.717) is 29.5 Å². The highest BCUT2D eigenvalue weighted by molar-refractivity contribution is 6.24. The molecule has 0 radical (unpaired) electrons. The van der Waals surface area contributed by atoms with Gasteiger partial charge in [-0.3, -0.25) is 29.4 Å². The van der Waals surface area contributed by atoms with Gasteiger partial charge in [-0.2, -0.15) is 0 Å². The summed E-state index contributed by atoms with van der Waals surface area (Å²) >= 11 is 0. The van der Waals surface area contributed by atoms with Gasteiger partial charge in [-0.1, -0.05) is 45.2 Å². The molecule has 0 aromatic heterocycles. The van der Waals surface area contributed by atoms with E-state index in [2.05, 4.69) is 24.5 Å². The lowest BCUT2D eigenvalue weighted by Gasteiger charge is -2.37. The van der Waals surface area contributed by atoms with Crippen molar-refractivity contribution >= 4 is 23.6 Å². The summed E-state index contributed by atoms with van der Waals surface area (Å²) in [4.78, 5) is 51.3. The number of benzene rings is 1. The Morgan fingerprint density at radius 1 is 1.06 bits per heavy atom. The lowest BCUT2D eigenvalue weighted by atomic mass is 9.78. The van der Waals surface area contributed by atoms with Gasteiger partial charge in [0, 0.05) is 25.0 Å². The molecule has 4 amide bonds. The Hall–Kier alpha value is -2.58. The molecule has 0 spiro atoms. The molecule has 8 heteroatoms. The number of nitrogens with one attached hydrogen (secondary N) is 2. The molecular formula is C25H34N4O4. The molecule has 3 aliphatic rings. The highest BCUT2D eigenvalue weighted by Crippen LogP contribution is 2.32. The summed E-state index contributed by atoms with van der Waals surface area (Å²) in [5, 5.41) is 5.87. The predicted molar refractivity (Wildman–Crippen MR) is 123 cm³/mol. The van der Waals surface area contributed by atoms with Gasteiger partial charge < -0.3 is 11.1 Å². The fourth-order valence-electron chi connectivity index (χ4n) is 5.49. The summed E-state index contributed by atoms with van der Waals surface area (Å²) in [5.41, 5.74) is 7.99. The van der Waals surface area contributed by atoms with E-state index in [1.165, 1.54) is 19.3 Å². The van der Waals surface area contributed by atoms with E-state index >= 15 is 0 Å². The van der Waals surface area contributed by atoms with Crippen molar-refractivity contribution in [2.45, 2.75) is 83.5 Å². The van der Waals surface area contributed by atoms with Gasteiger partial charge in [0.25, 0.3) is 11.8 Å². The van der Waals surface area contributed by atoms with E-state index in [0.717, 1.165) is 23.3 Å². The molecule has 2 fully saturated rings. The van der Waals surface area contributed by atoms with Crippen LogP contribution in [0.25, 0.3) is 0 Å². The molecule has 33 heavy (non-hydrogen) atoms. The molecule has 2 heterocycles. The maximum atomic E-state index is 13.3. The van der Waals surface area contributed by atoms with E-state index in [-0.39, 0.29) is 30.8 Å². The molecule has 3 unspecified atom stereocenters. The van der Waals surface area contributed by atoms with Crippen LogP contribution in [0.15, 0.2) is 18.2 Å². The van der Waals surface area contributed by atoms with Crippen LogP contribution in [-0.4, -0.2) is 46.7 Å². The molecule has 8 nitrogen and oxygen atoms in total. The third kappa shape index (κ3) is 4.59. The number of hydrogen-bond donors (Lipinski definition) is 3. The number of carbonyl (C=O) groups excluding carboxylic acids is 4. The van der Waals surface area contributed by atoms with Gasteiger partial charge in [-0.15, -0.1) is 0 Å². The van der Waals surface area contributed by atoms with Crippen LogP contribution in [0.4, 0.5) is 0 Å². The highest BCUT2D eigenvalue weighted by atomic mass is 16.2. The first-order valence-electron chi connectivity index (χ1n) is 12.1. The smallest absolute Gasteiger partial charge is 0.262 e. The summed E-state index contributed by atoms with van der Waals surface area (Å²) in [7, 11) is 0. The molecule has 1 aromatic carbocycles. The topological polar surface area (TPSA) is 122 Å². The highest BCUT2D eigenvalue weighted by Gasteiger charge is 2.45. The number of nitrogens with zero attached hydrogens (tertiary/aromatic N) is 1.